The van der Waals surface area contributed by atoms with Crippen LogP contribution in [0.5, 0.6) is 0 Å². The molecule has 7 aromatic rings. The fourth-order valence-electron chi connectivity index (χ4n) is 5.97. The van der Waals surface area contributed by atoms with E-state index in [-0.39, 0.29) is 30.2 Å². The molecular weight excluding hydrogens is 670 g/mol. The highest BCUT2D eigenvalue weighted by atomic mass is 35.5. The Bertz CT molecular complexity index is 2450. The summed E-state index contributed by atoms with van der Waals surface area (Å²) in [5.41, 5.74) is 5.07. The van der Waals surface area contributed by atoms with Gasteiger partial charge in [0, 0.05) is 28.4 Å². The minimum Gasteiger partial charge on any atom is -0.478 e. The molecule has 0 aliphatic heterocycles. The summed E-state index contributed by atoms with van der Waals surface area (Å²) in [4.78, 5) is 48.3. The number of aryl methyl sites for hydroxylation is 1. The molecule has 51 heavy (non-hydrogen) atoms. The van der Waals surface area contributed by atoms with Crippen LogP contribution in [0.2, 0.25) is 0 Å². The number of nitrogens with zero attached hydrogens (tertiary/aromatic N) is 4. The molecule has 11 nitrogen and oxygen atoms in total. The van der Waals surface area contributed by atoms with Gasteiger partial charge in [-0.1, -0.05) is 78.0 Å². The number of esters is 1. The Labute approximate surface area is 297 Å². The summed E-state index contributed by atoms with van der Waals surface area (Å²) in [5.74, 6) is -0.851. The quantitative estimate of drug-likeness (QED) is 0.143. The molecule has 3 heterocycles. The van der Waals surface area contributed by atoms with Crippen molar-refractivity contribution in [1.82, 2.24) is 19.7 Å². The van der Waals surface area contributed by atoms with Crippen molar-refractivity contribution in [1.29, 1.82) is 0 Å². The third kappa shape index (κ3) is 6.70. The average Bonchev–Trinajstić information content (AvgIpc) is 3.54. The summed E-state index contributed by atoms with van der Waals surface area (Å²) in [6, 6.07) is 32.1. The number of anilines is 2. The van der Waals surface area contributed by atoms with Gasteiger partial charge in [-0.3, -0.25) is 9.36 Å². The largest absolute Gasteiger partial charge is 0.478 e. The summed E-state index contributed by atoms with van der Waals surface area (Å²) >= 11 is 0. The van der Waals surface area contributed by atoms with E-state index >= 15 is 0 Å². The van der Waals surface area contributed by atoms with Crippen molar-refractivity contribution in [3.05, 3.63) is 148 Å². The number of ether oxygens (including phenoxy) is 1. The van der Waals surface area contributed by atoms with E-state index in [1.165, 1.54) is 23.8 Å². The molecule has 0 saturated heterocycles. The summed E-state index contributed by atoms with van der Waals surface area (Å²) in [6.45, 7) is 1.84. The zero-order valence-corrected chi connectivity index (χ0v) is 28.2. The highest BCUT2D eigenvalue weighted by Crippen LogP contribution is 2.35. The summed E-state index contributed by atoms with van der Waals surface area (Å²) in [6.07, 6.45) is 1.64. The van der Waals surface area contributed by atoms with E-state index < -0.39 is 17.5 Å². The zero-order chi connectivity index (χ0) is 34.8. The van der Waals surface area contributed by atoms with Crippen LogP contribution in [0.3, 0.4) is 0 Å². The van der Waals surface area contributed by atoms with E-state index in [0.717, 1.165) is 11.1 Å². The van der Waals surface area contributed by atoms with Crippen LogP contribution in [0.1, 0.15) is 32.2 Å². The van der Waals surface area contributed by atoms with Crippen LogP contribution in [0, 0.1) is 6.92 Å². The van der Waals surface area contributed by atoms with Crippen LogP contribution in [0.25, 0.3) is 44.4 Å². The number of hydrogen-bond acceptors (Lipinski definition) is 9. The first-order valence-electron chi connectivity index (χ1n) is 15.6. The molecule has 0 saturated carbocycles. The standard InChI is InChI=1S/C39H29N5O6.ClH/c1-23-32(34(43-50-23)26-11-7-4-8-12-26)31-19-20-40-39(42-31)41-28-17-18-29-30(21-28)33(25-9-5-3-6-10-25)35(38(48)49-2)44(36(29)45)22-24-13-15-27(16-14-24)37(46)47;/h3-21H,22H2,1-2H3,(H,46,47)(H,40,41,42);1H. The number of methoxy groups -OCH3 is 1. The van der Waals surface area contributed by atoms with Gasteiger partial charge in [-0.15, -0.1) is 12.4 Å². The zero-order valence-electron chi connectivity index (χ0n) is 27.4. The number of carboxylic acid groups (broad SMARTS) is 1. The fraction of sp³-hybridized carbons (Fsp3) is 0.0769. The number of carbonyl (C=O) groups excluding carboxylic acids is 1. The number of fused-ring (bicyclic) bond motifs is 1. The highest BCUT2D eigenvalue weighted by molar-refractivity contribution is 6.07. The Balaban J connectivity index is 0.00000448. The monoisotopic (exact) mass is 699 g/mol. The van der Waals surface area contributed by atoms with Gasteiger partial charge in [0.2, 0.25) is 5.95 Å². The fourth-order valence-corrected chi connectivity index (χ4v) is 5.97. The molecular formula is C39H30ClN5O6. The van der Waals surface area contributed by atoms with Gasteiger partial charge in [-0.2, -0.15) is 0 Å². The first-order chi connectivity index (χ1) is 24.3. The second kappa shape index (κ2) is 14.5. The maximum atomic E-state index is 14.2. The second-order valence-corrected chi connectivity index (χ2v) is 11.5. The Hall–Kier alpha value is -6.59. The number of aromatic carboxylic acids is 1. The van der Waals surface area contributed by atoms with Crippen molar-refractivity contribution in [3.8, 4) is 33.6 Å². The normalized spacial score (nSPS) is 10.8. The molecule has 0 unspecified atom stereocenters. The lowest BCUT2D eigenvalue weighted by Gasteiger charge is -2.19. The van der Waals surface area contributed by atoms with Crippen molar-refractivity contribution in [3.63, 3.8) is 0 Å². The molecule has 0 radical (unpaired) electrons. The maximum Gasteiger partial charge on any atom is 0.355 e. The molecule has 12 heteroatoms. The molecule has 254 valence electrons. The van der Waals surface area contributed by atoms with Crippen LogP contribution >= 0.6 is 12.4 Å². The number of hydrogen-bond donors (Lipinski definition) is 2. The van der Waals surface area contributed by atoms with Gasteiger partial charge in [0.15, 0.2) is 0 Å². The Morgan fingerprint density at radius 1 is 0.863 bits per heavy atom. The lowest BCUT2D eigenvalue weighted by Crippen LogP contribution is -2.28. The van der Waals surface area contributed by atoms with E-state index in [1.807, 2.05) is 67.6 Å². The van der Waals surface area contributed by atoms with Crippen LogP contribution in [-0.4, -0.2) is 43.8 Å². The third-order valence-electron chi connectivity index (χ3n) is 8.33. The van der Waals surface area contributed by atoms with Crippen LogP contribution in [-0.2, 0) is 11.3 Å². The van der Waals surface area contributed by atoms with Gasteiger partial charge in [-0.05, 0) is 59.8 Å². The van der Waals surface area contributed by atoms with Crippen molar-refractivity contribution in [2.45, 2.75) is 13.5 Å². The first kappa shape index (κ1) is 34.3. The lowest BCUT2D eigenvalue weighted by molar-refractivity contribution is 0.0588. The third-order valence-corrected chi connectivity index (χ3v) is 8.33. The first-order valence-corrected chi connectivity index (χ1v) is 15.6. The number of carboxylic acids is 1. The number of nitrogens with one attached hydrogen (secondary N) is 1. The van der Waals surface area contributed by atoms with E-state index in [0.29, 0.717) is 56.2 Å². The Morgan fingerprint density at radius 2 is 1.55 bits per heavy atom. The van der Waals surface area contributed by atoms with Gasteiger partial charge in [0.25, 0.3) is 5.56 Å². The van der Waals surface area contributed by atoms with Gasteiger partial charge in [-0.25, -0.2) is 19.6 Å². The number of benzene rings is 4. The van der Waals surface area contributed by atoms with E-state index in [1.54, 1.807) is 42.6 Å². The molecule has 0 amide bonds. The molecule has 7 rings (SSSR count). The smallest absolute Gasteiger partial charge is 0.355 e. The summed E-state index contributed by atoms with van der Waals surface area (Å²) < 4.78 is 12.2. The summed E-state index contributed by atoms with van der Waals surface area (Å²) in [5, 5.41) is 17.8. The van der Waals surface area contributed by atoms with Gasteiger partial charge >= 0.3 is 11.9 Å². The van der Waals surface area contributed by atoms with Crippen LogP contribution < -0.4 is 10.9 Å². The predicted molar refractivity (Wildman–Crippen MR) is 196 cm³/mol. The van der Waals surface area contributed by atoms with Crippen LogP contribution in [0.4, 0.5) is 11.6 Å². The average molecular weight is 700 g/mol. The molecule has 3 aromatic heterocycles. The van der Waals surface area contributed by atoms with Crippen LogP contribution in [0.15, 0.2) is 125 Å². The Morgan fingerprint density at radius 3 is 2.22 bits per heavy atom. The minimum atomic E-state index is -1.06. The number of pyridine rings is 1. The van der Waals surface area contributed by atoms with Crippen molar-refractivity contribution in [2.75, 3.05) is 12.4 Å². The van der Waals surface area contributed by atoms with Crippen molar-refractivity contribution in [2.24, 2.45) is 0 Å². The Kier molecular flexibility index (Phi) is 9.74. The number of halogens is 1. The molecule has 0 aliphatic carbocycles. The van der Waals surface area contributed by atoms with E-state index in [9.17, 15) is 19.5 Å². The summed E-state index contributed by atoms with van der Waals surface area (Å²) in [7, 11) is 1.26. The highest BCUT2D eigenvalue weighted by Gasteiger charge is 2.25. The second-order valence-electron chi connectivity index (χ2n) is 11.5. The van der Waals surface area contributed by atoms with Gasteiger partial charge in [0.05, 0.1) is 30.5 Å². The lowest BCUT2D eigenvalue weighted by atomic mass is 9.96. The molecule has 0 atom stereocenters. The SMILES string of the molecule is COC(=O)c1c(-c2ccccc2)c2cc(Nc3nccc(-c4c(-c5ccccc5)noc4C)n3)ccc2c(=O)n1Cc1ccc(C(=O)O)cc1.Cl. The molecule has 0 fully saturated rings. The molecule has 0 spiro atoms. The number of aromatic nitrogens is 4. The van der Waals surface area contributed by atoms with Crippen molar-refractivity contribution < 1.29 is 24.0 Å². The molecule has 0 aliphatic rings. The van der Waals surface area contributed by atoms with Gasteiger partial charge in [0.1, 0.15) is 17.1 Å². The van der Waals surface area contributed by atoms with Crippen molar-refractivity contribution >= 4 is 46.8 Å². The number of carbonyl (C=O) groups is 2. The predicted octanol–water partition coefficient (Wildman–Crippen LogP) is 7.79. The van der Waals surface area contributed by atoms with E-state index in [2.05, 4.69) is 15.5 Å². The maximum absolute atomic E-state index is 14.2. The molecule has 2 N–H and O–H groups in total. The topological polar surface area (TPSA) is 149 Å². The van der Waals surface area contributed by atoms with E-state index in [4.69, 9.17) is 14.2 Å². The van der Waals surface area contributed by atoms with Gasteiger partial charge < -0.3 is 19.7 Å². The molecule has 4 aromatic carbocycles. The molecule has 0 bridgehead atoms. The number of rotatable bonds is 9. The minimum absolute atomic E-state index is 0.